The smallest absolute Gasteiger partial charge is 0.209 e. The van der Waals surface area contributed by atoms with Crippen molar-refractivity contribution in [3.05, 3.63) is 51.5 Å². The molecule has 158 valence electrons. The third-order valence-electron chi connectivity index (χ3n) is 6.81. The van der Waals surface area contributed by atoms with Crippen LogP contribution in [0, 0.1) is 18.8 Å². The Morgan fingerprint density at radius 2 is 1.80 bits per heavy atom. The first-order chi connectivity index (χ1) is 13.9. The summed E-state index contributed by atoms with van der Waals surface area (Å²) >= 11 is 0. The lowest BCUT2D eigenvalue weighted by Gasteiger charge is -2.50. The van der Waals surface area contributed by atoms with Gasteiger partial charge >= 0.3 is 0 Å². The number of benzene rings is 1. The number of fused-ring (bicyclic) bond motifs is 3. The molecule has 0 aromatic heterocycles. The molecule has 3 aliphatic rings. The van der Waals surface area contributed by atoms with E-state index in [0.29, 0.717) is 11.1 Å². The van der Waals surface area contributed by atoms with Crippen molar-refractivity contribution in [2.24, 2.45) is 11.8 Å². The number of aromatic hydroxyl groups is 1. The minimum absolute atomic E-state index is 0.0528. The number of phenols is 1. The molecule has 0 fully saturated rings. The number of allylic oxidation sites excluding steroid dienone is 1. The van der Waals surface area contributed by atoms with Crippen LogP contribution in [0.15, 0.2) is 34.8 Å². The molecule has 0 saturated carbocycles. The molecule has 0 spiro atoms. The number of rotatable bonds is 1. The lowest BCUT2D eigenvalue weighted by atomic mass is 9.56. The molecule has 8 nitrogen and oxygen atoms in total. The zero-order valence-electron chi connectivity index (χ0n) is 16.6. The summed E-state index contributed by atoms with van der Waals surface area (Å²) in [5, 5.41) is 54.0. The normalized spacial score (nSPS) is 33.2. The summed E-state index contributed by atoms with van der Waals surface area (Å²) in [6.45, 7) is 4.34. The van der Waals surface area contributed by atoms with E-state index in [4.69, 9.17) is 0 Å². The molecule has 0 heterocycles. The van der Waals surface area contributed by atoms with Gasteiger partial charge in [-0.1, -0.05) is 19.1 Å². The molecule has 30 heavy (non-hydrogen) atoms. The van der Waals surface area contributed by atoms with Gasteiger partial charge in [-0.15, -0.1) is 0 Å². The van der Waals surface area contributed by atoms with E-state index in [9.17, 15) is 39.9 Å². The van der Waals surface area contributed by atoms with Crippen molar-refractivity contribution >= 4 is 17.3 Å². The number of hydrogen-bond donors (Lipinski definition) is 5. The van der Waals surface area contributed by atoms with Crippen LogP contribution in [-0.2, 0) is 9.59 Å². The van der Waals surface area contributed by atoms with Crippen LogP contribution in [-0.4, -0.2) is 54.6 Å². The number of carbonyl (C=O) groups excluding carboxylic acids is 3. The Hall–Kier alpha value is -2.97. The lowest BCUT2D eigenvalue weighted by Crippen LogP contribution is -2.62. The molecule has 4 rings (SSSR count). The molecule has 0 amide bonds. The lowest BCUT2D eigenvalue weighted by molar-refractivity contribution is -0.154. The number of aliphatic hydroxyl groups is 4. The van der Waals surface area contributed by atoms with E-state index in [0.717, 1.165) is 6.92 Å². The molecule has 5 N–H and O–H groups in total. The van der Waals surface area contributed by atoms with E-state index in [1.165, 1.54) is 0 Å². The maximum Gasteiger partial charge on any atom is 0.209 e. The summed E-state index contributed by atoms with van der Waals surface area (Å²) in [7, 11) is 0. The minimum atomic E-state index is -2.73. The largest absolute Gasteiger partial charge is 0.511 e. The number of Topliss-reactive ketones (excluding diaryl/α,β-unsaturated/α-hetero) is 3. The van der Waals surface area contributed by atoms with Crippen molar-refractivity contribution in [3.8, 4) is 5.75 Å². The highest BCUT2D eigenvalue weighted by Gasteiger charge is 2.63. The standard InChI is InChI=1S/C22H22O8/c1-7-4-5-10-8(2)13-16(19(27)15(10)17(7)25)21(29)22(30)11(18(13)26)6-12(24)14(9(3)23)20(22)28/h4-5,8,11,13,18,24-26,29-30H,6H2,1-3H3/t8-,11+,13+,18+,22+/m0/s1. The van der Waals surface area contributed by atoms with Gasteiger partial charge in [0.05, 0.1) is 11.7 Å². The second kappa shape index (κ2) is 6.26. The van der Waals surface area contributed by atoms with Crippen LogP contribution < -0.4 is 0 Å². The Morgan fingerprint density at radius 1 is 1.17 bits per heavy atom. The zero-order valence-corrected chi connectivity index (χ0v) is 16.6. The number of aryl methyl sites for hydroxylation is 1. The molecule has 5 atom stereocenters. The predicted molar refractivity (Wildman–Crippen MR) is 103 cm³/mol. The Kier molecular flexibility index (Phi) is 4.24. The topological polar surface area (TPSA) is 152 Å². The van der Waals surface area contributed by atoms with Crippen LogP contribution in [0.3, 0.4) is 0 Å². The quantitative estimate of drug-likeness (QED) is 0.434. The molecule has 3 aliphatic carbocycles. The van der Waals surface area contributed by atoms with Crippen molar-refractivity contribution in [1.29, 1.82) is 0 Å². The van der Waals surface area contributed by atoms with Crippen molar-refractivity contribution in [1.82, 2.24) is 0 Å². The van der Waals surface area contributed by atoms with Crippen LogP contribution >= 0.6 is 0 Å². The van der Waals surface area contributed by atoms with Gasteiger partial charge in [0.25, 0.3) is 0 Å². The molecular weight excluding hydrogens is 392 g/mol. The number of hydrogen-bond acceptors (Lipinski definition) is 8. The molecule has 0 bridgehead atoms. The molecule has 0 aliphatic heterocycles. The van der Waals surface area contributed by atoms with Gasteiger partial charge in [0.1, 0.15) is 22.8 Å². The van der Waals surface area contributed by atoms with Gasteiger partial charge in [-0.05, 0) is 30.9 Å². The maximum atomic E-state index is 13.3. The highest BCUT2D eigenvalue weighted by molar-refractivity contribution is 6.25. The highest BCUT2D eigenvalue weighted by atomic mass is 16.4. The third kappa shape index (κ3) is 2.26. The maximum absolute atomic E-state index is 13.3. The van der Waals surface area contributed by atoms with E-state index in [2.05, 4.69) is 0 Å². The van der Waals surface area contributed by atoms with E-state index in [-0.39, 0.29) is 16.9 Å². The van der Waals surface area contributed by atoms with Gasteiger partial charge in [-0.2, -0.15) is 0 Å². The average molecular weight is 414 g/mol. The van der Waals surface area contributed by atoms with Crippen molar-refractivity contribution < 1.29 is 39.9 Å². The number of phenolic OH excluding ortho intramolecular Hbond substituents is 1. The number of ketones is 3. The molecule has 8 heteroatoms. The van der Waals surface area contributed by atoms with Gasteiger partial charge in [-0.3, -0.25) is 14.4 Å². The van der Waals surface area contributed by atoms with Crippen molar-refractivity contribution in [2.45, 2.75) is 44.8 Å². The van der Waals surface area contributed by atoms with Gasteiger partial charge in [0, 0.05) is 23.8 Å². The summed E-state index contributed by atoms with van der Waals surface area (Å²) in [6, 6.07) is 3.29. The van der Waals surface area contributed by atoms with Crippen LogP contribution in [0.5, 0.6) is 5.75 Å². The van der Waals surface area contributed by atoms with E-state index in [1.54, 1.807) is 26.0 Å². The SMILES string of the molecule is CC(=O)C1=C(O)C[C@@H]2[C@@H](O)[C@H]3C(=C(O)[C@]2(O)C1=O)C(=O)c1c(ccc(C)c1O)[C@@H]3C. The fourth-order valence-electron chi connectivity index (χ4n) is 5.21. The first kappa shape index (κ1) is 20.3. The molecular formula is C22H22O8. The fraction of sp³-hybridized carbons (Fsp3) is 0.409. The monoisotopic (exact) mass is 414 g/mol. The summed E-state index contributed by atoms with van der Waals surface area (Å²) in [4.78, 5) is 38.1. The average Bonchev–Trinajstić information content (AvgIpc) is 2.67. The van der Waals surface area contributed by atoms with Crippen LogP contribution in [0.4, 0.5) is 0 Å². The molecule has 0 saturated heterocycles. The van der Waals surface area contributed by atoms with E-state index >= 15 is 0 Å². The number of carbonyl (C=O) groups is 3. The summed E-state index contributed by atoms with van der Waals surface area (Å²) in [5.41, 5.74) is -2.91. The zero-order chi connectivity index (χ0) is 22.3. The van der Waals surface area contributed by atoms with Crippen LogP contribution in [0.2, 0.25) is 0 Å². The summed E-state index contributed by atoms with van der Waals surface area (Å²) in [5.74, 6) is -7.52. The molecule has 0 radical (unpaired) electrons. The summed E-state index contributed by atoms with van der Waals surface area (Å²) in [6.07, 6.45) is -1.89. The first-order valence-electron chi connectivity index (χ1n) is 9.63. The fourth-order valence-corrected chi connectivity index (χ4v) is 5.21. The molecule has 1 aromatic rings. The summed E-state index contributed by atoms with van der Waals surface area (Å²) < 4.78 is 0. The Labute approximate surface area is 171 Å². The van der Waals surface area contributed by atoms with Crippen LogP contribution in [0.1, 0.15) is 47.7 Å². The molecule has 0 unspecified atom stereocenters. The van der Waals surface area contributed by atoms with Gasteiger partial charge in [-0.25, -0.2) is 0 Å². The third-order valence-corrected chi connectivity index (χ3v) is 6.81. The van der Waals surface area contributed by atoms with Gasteiger partial charge in [0.2, 0.25) is 5.78 Å². The Bertz CT molecular complexity index is 1090. The second-order valence-corrected chi connectivity index (χ2v) is 8.38. The first-order valence-corrected chi connectivity index (χ1v) is 9.63. The Morgan fingerprint density at radius 3 is 2.40 bits per heavy atom. The van der Waals surface area contributed by atoms with Gasteiger partial charge < -0.3 is 25.5 Å². The van der Waals surface area contributed by atoms with Crippen LogP contribution in [0.25, 0.3) is 0 Å². The van der Waals surface area contributed by atoms with E-state index < -0.39 is 70.3 Å². The second-order valence-electron chi connectivity index (χ2n) is 8.38. The highest BCUT2D eigenvalue weighted by Crippen LogP contribution is 2.55. The number of aliphatic hydroxyl groups excluding tert-OH is 3. The minimum Gasteiger partial charge on any atom is -0.511 e. The van der Waals surface area contributed by atoms with E-state index in [1.807, 2.05) is 0 Å². The van der Waals surface area contributed by atoms with Gasteiger partial charge in [0.15, 0.2) is 17.2 Å². The predicted octanol–water partition coefficient (Wildman–Crippen LogP) is 1.52. The Balaban J connectivity index is 2.01. The molecule has 1 aromatic carbocycles. The van der Waals surface area contributed by atoms with Crippen molar-refractivity contribution in [3.63, 3.8) is 0 Å². The van der Waals surface area contributed by atoms with Crippen molar-refractivity contribution in [2.75, 3.05) is 0 Å².